The van der Waals surface area contributed by atoms with E-state index in [1.807, 2.05) is 0 Å². The van der Waals surface area contributed by atoms with Gasteiger partial charge in [-0.1, -0.05) is 56.7 Å². The van der Waals surface area contributed by atoms with E-state index >= 15 is 0 Å². The lowest BCUT2D eigenvalue weighted by atomic mass is 9.87. The summed E-state index contributed by atoms with van der Waals surface area (Å²) in [5.41, 5.74) is 4.39. The molecule has 0 bridgehead atoms. The van der Waals surface area contributed by atoms with Crippen molar-refractivity contribution < 1.29 is 0 Å². The van der Waals surface area contributed by atoms with Gasteiger partial charge in [-0.2, -0.15) is 0 Å². The molecule has 1 heteroatoms. The molecule has 1 N–H and O–H groups in total. The van der Waals surface area contributed by atoms with Crippen LogP contribution in [0.25, 0.3) is 0 Å². The third-order valence-corrected chi connectivity index (χ3v) is 4.91. The molecule has 1 atom stereocenters. The van der Waals surface area contributed by atoms with Gasteiger partial charge in [-0.3, -0.25) is 0 Å². The summed E-state index contributed by atoms with van der Waals surface area (Å²) in [6.45, 7) is 4.49. The highest BCUT2D eigenvalue weighted by Gasteiger charge is 2.19. The van der Waals surface area contributed by atoms with Crippen molar-refractivity contribution in [3.63, 3.8) is 0 Å². The van der Waals surface area contributed by atoms with Crippen LogP contribution in [-0.4, -0.2) is 7.05 Å². The van der Waals surface area contributed by atoms with Crippen molar-refractivity contribution in [2.75, 3.05) is 7.05 Å². The van der Waals surface area contributed by atoms with Crippen molar-refractivity contribution in [3.8, 4) is 0 Å². The molecule has 106 valence electrons. The molecule has 0 aliphatic heterocycles. The summed E-state index contributed by atoms with van der Waals surface area (Å²) in [5.74, 6) is 0.917. The van der Waals surface area contributed by atoms with Crippen molar-refractivity contribution in [2.45, 2.75) is 64.8 Å². The van der Waals surface area contributed by atoms with E-state index in [0.717, 1.165) is 5.92 Å². The van der Waals surface area contributed by atoms with Crippen LogP contribution in [0.1, 0.15) is 67.7 Å². The molecule has 0 radical (unpaired) electrons. The van der Waals surface area contributed by atoms with Crippen LogP contribution in [-0.2, 0) is 0 Å². The molecule has 1 aromatic rings. The zero-order valence-electron chi connectivity index (χ0n) is 12.8. The monoisotopic (exact) mass is 259 g/mol. The maximum atomic E-state index is 3.55. The van der Waals surface area contributed by atoms with Crippen LogP contribution >= 0.6 is 0 Å². The lowest BCUT2D eigenvalue weighted by Gasteiger charge is -2.24. The highest BCUT2D eigenvalue weighted by molar-refractivity contribution is 5.35. The van der Waals surface area contributed by atoms with Gasteiger partial charge in [0.1, 0.15) is 0 Å². The zero-order valence-corrected chi connectivity index (χ0v) is 12.8. The van der Waals surface area contributed by atoms with Gasteiger partial charge in [0, 0.05) is 6.04 Å². The van der Waals surface area contributed by atoms with E-state index in [9.17, 15) is 0 Å². The van der Waals surface area contributed by atoms with Crippen LogP contribution in [0.3, 0.4) is 0 Å². The molecule has 1 saturated carbocycles. The van der Waals surface area contributed by atoms with Gasteiger partial charge in [0.15, 0.2) is 0 Å². The highest BCUT2D eigenvalue weighted by Crippen LogP contribution is 2.32. The summed E-state index contributed by atoms with van der Waals surface area (Å²) in [4.78, 5) is 0. The Hall–Kier alpha value is -0.820. The average Bonchev–Trinajstić information content (AvgIpc) is 2.68. The summed E-state index contributed by atoms with van der Waals surface area (Å²) in [6, 6.07) is 7.26. The lowest BCUT2D eigenvalue weighted by Crippen LogP contribution is -2.21. The molecule has 1 unspecified atom stereocenters. The van der Waals surface area contributed by atoms with E-state index in [2.05, 4.69) is 44.4 Å². The predicted octanol–water partition coefficient (Wildman–Crippen LogP) is 4.92. The Bertz CT molecular complexity index is 389. The smallest absolute Gasteiger partial charge is 0.0322 e. The lowest BCUT2D eigenvalue weighted by molar-refractivity contribution is 0.367. The topological polar surface area (TPSA) is 12.0 Å². The second kappa shape index (κ2) is 7.09. The first-order valence-corrected chi connectivity index (χ1v) is 7.95. The quantitative estimate of drug-likeness (QED) is 0.756. The van der Waals surface area contributed by atoms with Crippen LogP contribution in [0, 0.1) is 19.8 Å². The van der Waals surface area contributed by atoms with Crippen molar-refractivity contribution in [3.05, 3.63) is 34.9 Å². The maximum absolute atomic E-state index is 3.55. The second-order valence-electron chi connectivity index (χ2n) is 6.22. The number of aryl methyl sites for hydroxylation is 1. The van der Waals surface area contributed by atoms with E-state index in [4.69, 9.17) is 0 Å². The van der Waals surface area contributed by atoms with Crippen molar-refractivity contribution >= 4 is 0 Å². The summed E-state index contributed by atoms with van der Waals surface area (Å²) in [6.07, 6.45) is 9.95. The Morgan fingerprint density at radius 1 is 1.11 bits per heavy atom. The Labute approximate surface area is 118 Å². The van der Waals surface area contributed by atoms with Gasteiger partial charge in [-0.25, -0.2) is 0 Å². The molecule has 2 rings (SSSR count). The molecule has 0 saturated heterocycles. The van der Waals surface area contributed by atoms with E-state index < -0.39 is 0 Å². The first kappa shape index (κ1) is 14.6. The Kier molecular flexibility index (Phi) is 5.45. The molecule has 19 heavy (non-hydrogen) atoms. The largest absolute Gasteiger partial charge is 0.313 e. The summed E-state index contributed by atoms with van der Waals surface area (Å²) >= 11 is 0. The number of hydrogen-bond donors (Lipinski definition) is 1. The molecule has 0 aromatic heterocycles. The molecule has 0 amide bonds. The Morgan fingerprint density at radius 3 is 2.42 bits per heavy atom. The fourth-order valence-corrected chi connectivity index (χ4v) is 3.48. The summed E-state index contributed by atoms with van der Waals surface area (Å²) in [7, 11) is 2.11. The third-order valence-electron chi connectivity index (χ3n) is 4.91. The number of rotatable bonds is 4. The molecule has 1 aliphatic carbocycles. The van der Waals surface area contributed by atoms with Gasteiger partial charge >= 0.3 is 0 Å². The summed E-state index contributed by atoms with van der Waals surface area (Å²) < 4.78 is 0. The molecule has 1 aliphatic rings. The molecular weight excluding hydrogens is 230 g/mol. The van der Waals surface area contributed by atoms with Crippen LogP contribution in [0.15, 0.2) is 18.2 Å². The molecule has 1 aromatic carbocycles. The van der Waals surface area contributed by atoms with Gasteiger partial charge < -0.3 is 5.32 Å². The van der Waals surface area contributed by atoms with E-state index in [0.29, 0.717) is 6.04 Å². The fraction of sp³-hybridized carbons (Fsp3) is 0.667. The zero-order chi connectivity index (χ0) is 13.7. The standard InChI is InChI=1S/C18H29N/c1-14-9-8-12-17(15(14)2)18(19-3)13-16-10-6-4-5-7-11-16/h8-9,12,16,18-19H,4-7,10-11,13H2,1-3H3. The van der Waals surface area contributed by atoms with Crippen LogP contribution in [0.5, 0.6) is 0 Å². The molecule has 1 nitrogen and oxygen atoms in total. The van der Waals surface area contributed by atoms with Gasteiger partial charge in [0.05, 0.1) is 0 Å². The average molecular weight is 259 g/mol. The number of nitrogens with one attached hydrogen (secondary N) is 1. The fourth-order valence-electron chi connectivity index (χ4n) is 3.48. The number of benzene rings is 1. The van der Waals surface area contributed by atoms with Gasteiger partial charge in [0.25, 0.3) is 0 Å². The minimum absolute atomic E-state index is 0.531. The van der Waals surface area contributed by atoms with Crippen molar-refractivity contribution in [1.29, 1.82) is 0 Å². The maximum Gasteiger partial charge on any atom is 0.0322 e. The van der Waals surface area contributed by atoms with Crippen LogP contribution < -0.4 is 5.32 Å². The first-order valence-electron chi connectivity index (χ1n) is 7.95. The SMILES string of the molecule is CNC(CC1CCCCCC1)c1cccc(C)c1C. The van der Waals surface area contributed by atoms with Gasteiger partial charge in [-0.05, 0) is 49.9 Å². The van der Waals surface area contributed by atoms with E-state index in [1.54, 1.807) is 0 Å². The van der Waals surface area contributed by atoms with Crippen molar-refractivity contribution in [2.24, 2.45) is 5.92 Å². The third kappa shape index (κ3) is 3.82. The highest BCUT2D eigenvalue weighted by atomic mass is 14.9. The minimum atomic E-state index is 0.531. The normalized spacial score (nSPS) is 19.1. The summed E-state index contributed by atoms with van der Waals surface area (Å²) in [5, 5.41) is 3.55. The van der Waals surface area contributed by atoms with Crippen molar-refractivity contribution in [1.82, 2.24) is 5.32 Å². The first-order chi connectivity index (χ1) is 9.22. The molecular formula is C18H29N. The number of hydrogen-bond acceptors (Lipinski definition) is 1. The second-order valence-corrected chi connectivity index (χ2v) is 6.22. The van der Waals surface area contributed by atoms with Crippen LogP contribution in [0.2, 0.25) is 0 Å². The predicted molar refractivity (Wildman–Crippen MR) is 83.5 cm³/mol. The van der Waals surface area contributed by atoms with E-state index in [1.165, 1.54) is 61.6 Å². The van der Waals surface area contributed by atoms with Gasteiger partial charge in [-0.15, -0.1) is 0 Å². The Balaban J connectivity index is 2.08. The van der Waals surface area contributed by atoms with Gasteiger partial charge in [0.2, 0.25) is 0 Å². The van der Waals surface area contributed by atoms with E-state index in [-0.39, 0.29) is 0 Å². The van der Waals surface area contributed by atoms with Crippen LogP contribution in [0.4, 0.5) is 0 Å². The minimum Gasteiger partial charge on any atom is -0.313 e. The molecule has 0 spiro atoms. The Morgan fingerprint density at radius 2 is 1.79 bits per heavy atom. The molecule has 0 heterocycles. The molecule has 1 fully saturated rings.